The largest absolute Gasteiger partial charge is 0.465 e. The quantitative estimate of drug-likeness (QED) is 0.491. The summed E-state index contributed by atoms with van der Waals surface area (Å²) in [5.74, 6) is -1.35. The molecular formula is C21H19N3O4. The van der Waals surface area contributed by atoms with E-state index in [1.807, 2.05) is 6.07 Å². The summed E-state index contributed by atoms with van der Waals surface area (Å²) < 4.78 is 4.71. The molecule has 7 heteroatoms. The number of anilines is 1. The van der Waals surface area contributed by atoms with Gasteiger partial charge >= 0.3 is 5.97 Å². The number of nitriles is 1. The van der Waals surface area contributed by atoms with Crippen LogP contribution in [0.25, 0.3) is 6.08 Å². The Labute approximate surface area is 162 Å². The molecule has 2 aromatic carbocycles. The number of nitrogens with one attached hydrogen (secondary N) is 1. The zero-order valence-corrected chi connectivity index (χ0v) is 15.7. The molecule has 7 nitrogen and oxygen atoms in total. The smallest absolute Gasteiger partial charge is 0.338 e. The van der Waals surface area contributed by atoms with Gasteiger partial charge in [0.05, 0.1) is 12.7 Å². The molecule has 2 aromatic rings. The zero-order valence-electron chi connectivity index (χ0n) is 15.7. The minimum atomic E-state index is -0.631. The van der Waals surface area contributed by atoms with E-state index >= 15 is 0 Å². The second-order valence-electron chi connectivity index (χ2n) is 5.98. The summed E-state index contributed by atoms with van der Waals surface area (Å²) in [6.45, 7) is 0. The van der Waals surface area contributed by atoms with Crippen LogP contribution in [-0.2, 0) is 9.53 Å². The third-order valence-corrected chi connectivity index (χ3v) is 3.83. The first kappa shape index (κ1) is 20.4. The van der Waals surface area contributed by atoms with Crippen LogP contribution in [0.2, 0.25) is 0 Å². The van der Waals surface area contributed by atoms with Crippen molar-refractivity contribution in [2.75, 3.05) is 26.5 Å². The molecule has 0 aliphatic rings. The highest BCUT2D eigenvalue weighted by Gasteiger charge is 2.14. The maximum Gasteiger partial charge on any atom is 0.338 e. The standard InChI is InChI=1S/C21H19N3O4/c1-24(2)20(26)14-8-10-17(11-9-14)23-19(25)16(13-22)12-15-6-4-5-7-18(15)21(27)28-3/h4-12H,1-3H3,(H,23,25)/b16-12+. The van der Waals surface area contributed by atoms with E-state index in [2.05, 4.69) is 5.32 Å². The van der Waals surface area contributed by atoms with Crippen molar-refractivity contribution in [1.29, 1.82) is 5.26 Å². The Morgan fingerprint density at radius 1 is 1.07 bits per heavy atom. The lowest BCUT2D eigenvalue weighted by Gasteiger charge is -2.11. The van der Waals surface area contributed by atoms with Gasteiger partial charge in [0.1, 0.15) is 11.6 Å². The average molecular weight is 377 g/mol. The molecule has 0 aliphatic heterocycles. The van der Waals surface area contributed by atoms with E-state index in [0.29, 0.717) is 16.8 Å². The lowest BCUT2D eigenvalue weighted by Crippen LogP contribution is -2.21. The van der Waals surface area contributed by atoms with E-state index in [9.17, 15) is 19.6 Å². The van der Waals surface area contributed by atoms with Crippen molar-refractivity contribution in [2.24, 2.45) is 0 Å². The van der Waals surface area contributed by atoms with E-state index in [4.69, 9.17) is 4.74 Å². The first-order valence-corrected chi connectivity index (χ1v) is 8.29. The predicted octanol–water partition coefficient (Wildman–Crippen LogP) is 2.72. The van der Waals surface area contributed by atoms with E-state index in [0.717, 1.165) is 0 Å². The Morgan fingerprint density at radius 3 is 2.29 bits per heavy atom. The van der Waals surface area contributed by atoms with Gasteiger partial charge < -0.3 is 15.0 Å². The topological polar surface area (TPSA) is 99.5 Å². The third kappa shape index (κ3) is 4.83. The molecule has 2 rings (SSSR count). The Kier molecular flexibility index (Phi) is 6.66. The highest BCUT2D eigenvalue weighted by molar-refractivity contribution is 6.10. The molecule has 142 valence electrons. The Hall–Kier alpha value is -3.92. The normalized spacial score (nSPS) is 10.6. The monoisotopic (exact) mass is 377 g/mol. The third-order valence-electron chi connectivity index (χ3n) is 3.83. The van der Waals surface area contributed by atoms with Crippen LogP contribution in [0.3, 0.4) is 0 Å². The van der Waals surface area contributed by atoms with E-state index in [1.54, 1.807) is 62.6 Å². The lowest BCUT2D eigenvalue weighted by atomic mass is 10.0. The van der Waals surface area contributed by atoms with Crippen LogP contribution in [-0.4, -0.2) is 43.9 Å². The maximum absolute atomic E-state index is 12.4. The second kappa shape index (κ2) is 9.14. The number of nitrogens with zero attached hydrogens (tertiary/aromatic N) is 2. The van der Waals surface area contributed by atoms with Crippen molar-refractivity contribution in [2.45, 2.75) is 0 Å². The molecular weight excluding hydrogens is 358 g/mol. The van der Waals surface area contributed by atoms with Gasteiger partial charge in [-0.15, -0.1) is 0 Å². The molecule has 0 fully saturated rings. The van der Waals surface area contributed by atoms with Gasteiger partial charge in [-0.3, -0.25) is 9.59 Å². The van der Waals surface area contributed by atoms with E-state index in [-0.39, 0.29) is 17.0 Å². The summed E-state index contributed by atoms with van der Waals surface area (Å²) in [6.07, 6.45) is 1.32. The van der Waals surface area contributed by atoms with Crippen molar-refractivity contribution in [3.63, 3.8) is 0 Å². The molecule has 0 bridgehead atoms. The van der Waals surface area contributed by atoms with E-state index < -0.39 is 11.9 Å². The van der Waals surface area contributed by atoms with Gasteiger partial charge in [-0.1, -0.05) is 18.2 Å². The fourth-order valence-corrected chi connectivity index (χ4v) is 2.38. The molecule has 0 atom stereocenters. The predicted molar refractivity (Wildman–Crippen MR) is 104 cm³/mol. The van der Waals surface area contributed by atoms with Gasteiger partial charge in [-0.05, 0) is 42.0 Å². The molecule has 0 spiro atoms. The minimum absolute atomic E-state index is 0.157. The molecule has 0 unspecified atom stereocenters. The Bertz CT molecular complexity index is 970. The lowest BCUT2D eigenvalue weighted by molar-refractivity contribution is -0.112. The van der Waals surface area contributed by atoms with Crippen LogP contribution < -0.4 is 5.32 Å². The highest BCUT2D eigenvalue weighted by Crippen LogP contribution is 2.16. The van der Waals surface area contributed by atoms with Gasteiger partial charge in [-0.25, -0.2) is 4.79 Å². The van der Waals surface area contributed by atoms with Crippen molar-refractivity contribution >= 4 is 29.5 Å². The summed E-state index contributed by atoms with van der Waals surface area (Å²) in [7, 11) is 4.55. The van der Waals surface area contributed by atoms with Crippen LogP contribution in [0.5, 0.6) is 0 Å². The Morgan fingerprint density at radius 2 is 1.71 bits per heavy atom. The summed E-state index contributed by atoms with van der Waals surface area (Å²) in [4.78, 5) is 37.6. The number of amides is 2. The number of hydrogen-bond donors (Lipinski definition) is 1. The van der Waals surface area contributed by atoms with Crippen LogP contribution in [0.4, 0.5) is 5.69 Å². The van der Waals surface area contributed by atoms with Crippen molar-refractivity contribution in [3.05, 3.63) is 70.8 Å². The number of esters is 1. The number of methoxy groups -OCH3 is 1. The number of rotatable bonds is 5. The molecule has 1 N–H and O–H groups in total. The summed E-state index contributed by atoms with van der Waals surface area (Å²) in [6, 6.07) is 14.7. The minimum Gasteiger partial charge on any atom is -0.465 e. The first-order valence-electron chi connectivity index (χ1n) is 8.29. The number of benzene rings is 2. The molecule has 0 aliphatic carbocycles. The average Bonchev–Trinajstić information content (AvgIpc) is 2.71. The van der Waals surface area contributed by atoms with Crippen molar-refractivity contribution in [3.8, 4) is 6.07 Å². The molecule has 0 saturated carbocycles. The maximum atomic E-state index is 12.4. The number of hydrogen-bond acceptors (Lipinski definition) is 5. The Balaban J connectivity index is 2.23. The summed E-state index contributed by atoms with van der Waals surface area (Å²) >= 11 is 0. The van der Waals surface area contributed by atoms with Crippen molar-refractivity contribution < 1.29 is 19.1 Å². The van der Waals surface area contributed by atoms with Gasteiger partial charge in [-0.2, -0.15) is 5.26 Å². The van der Waals surface area contributed by atoms with Gasteiger partial charge in [0.2, 0.25) is 0 Å². The summed E-state index contributed by atoms with van der Waals surface area (Å²) in [5.41, 5.74) is 1.38. The SMILES string of the molecule is COC(=O)c1ccccc1/C=C(\C#N)C(=O)Nc1ccc(C(=O)N(C)C)cc1. The number of ether oxygens (including phenoxy) is 1. The molecule has 0 aromatic heterocycles. The van der Waals surface area contributed by atoms with Gasteiger partial charge in [0.25, 0.3) is 11.8 Å². The van der Waals surface area contributed by atoms with Gasteiger partial charge in [0, 0.05) is 25.3 Å². The fourth-order valence-electron chi connectivity index (χ4n) is 2.38. The zero-order chi connectivity index (χ0) is 20.7. The van der Waals surface area contributed by atoms with Gasteiger partial charge in [0.15, 0.2) is 0 Å². The van der Waals surface area contributed by atoms with Crippen LogP contribution >= 0.6 is 0 Å². The van der Waals surface area contributed by atoms with Crippen LogP contribution in [0.1, 0.15) is 26.3 Å². The molecule has 0 saturated heterocycles. The fraction of sp³-hybridized carbons (Fsp3) is 0.143. The molecule has 28 heavy (non-hydrogen) atoms. The second-order valence-corrected chi connectivity index (χ2v) is 5.98. The van der Waals surface area contributed by atoms with Crippen molar-refractivity contribution in [1.82, 2.24) is 4.90 Å². The van der Waals surface area contributed by atoms with Crippen LogP contribution in [0.15, 0.2) is 54.1 Å². The number of carbonyl (C=O) groups excluding carboxylic acids is 3. The summed E-state index contributed by atoms with van der Waals surface area (Å²) in [5, 5.41) is 12.0. The molecule has 0 heterocycles. The number of carbonyl (C=O) groups is 3. The highest BCUT2D eigenvalue weighted by atomic mass is 16.5. The first-order chi connectivity index (χ1) is 13.4. The van der Waals surface area contributed by atoms with E-state index in [1.165, 1.54) is 18.1 Å². The molecule has 0 radical (unpaired) electrons. The molecule has 2 amide bonds. The van der Waals surface area contributed by atoms with Crippen LogP contribution in [0, 0.1) is 11.3 Å².